The lowest BCUT2D eigenvalue weighted by molar-refractivity contribution is -0.142. The largest absolute Gasteiger partial charge is 0.389 e. The summed E-state index contributed by atoms with van der Waals surface area (Å²) in [4.78, 5) is 25.8. The van der Waals surface area contributed by atoms with Crippen LogP contribution in [0.2, 0.25) is 5.02 Å². The van der Waals surface area contributed by atoms with Gasteiger partial charge in [0, 0.05) is 5.02 Å². The Balaban J connectivity index is 1.50. The number of amides is 2. The fourth-order valence-electron chi connectivity index (χ4n) is 3.23. The number of likely N-dealkylation sites (tertiary alicyclic amines) is 1. The number of hydrogen-bond donors (Lipinski definition) is 1. The third-order valence-electron chi connectivity index (χ3n) is 4.52. The summed E-state index contributed by atoms with van der Waals surface area (Å²) in [6.07, 6.45) is 4.18. The van der Waals surface area contributed by atoms with Crippen molar-refractivity contribution in [2.24, 2.45) is 11.8 Å². The number of fused-ring (bicyclic) bond motifs is 1. The molecule has 1 aliphatic carbocycles. The summed E-state index contributed by atoms with van der Waals surface area (Å²) in [5.41, 5.74) is 0.830. The number of rotatable bonds is 6. The van der Waals surface area contributed by atoms with Crippen molar-refractivity contribution in [1.82, 2.24) is 4.90 Å². The lowest BCUT2D eigenvalue weighted by Crippen LogP contribution is -2.39. The Morgan fingerprint density at radius 3 is 2.42 bits per heavy atom. The van der Waals surface area contributed by atoms with Gasteiger partial charge >= 0.3 is 0 Å². The molecule has 1 aromatic carbocycles. The first-order valence-electron chi connectivity index (χ1n) is 8.07. The highest BCUT2D eigenvalue weighted by atomic mass is 35.5. The van der Waals surface area contributed by atoms with Crippen molar-refractivity contribution in [2.75, 3.05) is 13.2 Å². The van der Waals surface area contributed by atoms with Crippen molar-refractivity contribution in [3.05, 3.63) is 47.0 Å². The van der Waals surface area contributed by atoms with Crippen LogP contribution in [0.15, 0.2) is 36.4 Å². The predicted molar refractivity (Wildman–Crippen MR) is 89.2 cm³/mol. The molecule has 0 radical (unpaired) electrons. The summed E-state index contributed by atoms with van der Waals surface area (Å²) in [5, 5.41) is 10.7. The first kappa shape index (κ1) is 17.1. The molecule has 3 rings (SSSR count). The second-order valence-electron chi connectivity index (χ2n) is 6.20. The number of allylic oxidation sites excluding steroid dienone is 2. The van der Waals surface area contributed by atoms with Gasteiger partial charge in [-0.1, -0.05) is 42.0 Å². The second kappa shape index (κ2) is 7.47. The van der Waals surface area contributed by atoms with Crippen LogP contribution >= 0.6 is 11.6 Å². The van der Waals surface area contributed by atoms with E-state index in [2.05, 4.69) is 0 Å². The van der Waals surface area contributed by atoms with Crippen LogP contribution in [0.25, 0.3) is 0 Å². The van der Waals surface area contributed by atoms with E-state index in [-0.39, 0.29) is 43.4 Å². The smallest absolute Gasteiger partial charge is 0.233 e. The molecule has 0 bridgehead atoms. The standard InChI is InChI=1S/C18H20ClNO4/c19-16-8-4-1-5-12(16)10-24-11-13(21)9-20-17(22)14-6-2-3-7-15(14)18(20)23/h1-5,8,13-15,21H,6-7,9-11H2/t13-,14-,15-/m1/s1. The van der Waals surface area contributed by atoms with Crippen LogP contribution in [0.1, 0.15) is 18.4 Å². The van der Waals surface area contributed by atoms with Crippen LogP contribution < -0.4 is 0 Å². The minimum absolute atomic E-state index is 0.0206. The highest BCUT2D eigenvalue weighted by molar-refractivity contribution is 6.31. The maximum Gasteiger partial charge on any atom is 0.233 e. The van der Waals surface area contributed by atoms with Gasteiger partial charge in [-0.15, -0.1) is 0 Å². The highest BCUT2D eigenvalue weighted by Gasteiger charge is 2.47. The molecule has 1 aliphatic heterocycles. The van der Waals surface area contributed by atoms with Crippen molar-refractivity contribution in [3.8, 4) is 0 Å². The number of nitrogens with zero attached hydrogens (tertiary/aromatic N) is 1. The van der Waals surface area contributed by atoms with Gasteiger partial charge in [0.15, 0.2) is 0 Å². The molecular formula is C18H20ClNO4. The lowest BCUT2D eigenvalue weighted by Gasteiger charge is -2.19. The van der Waals surface area contributed by atoms with Crippen molar-refractivity contribution < 1.29 is 19.4 Å². The minimum Gasteiger partial charge on any atom is -0.389 e. The molecule has 6 heteroatoms. The van der Waals surface area contributed by atoms with E-state index in [0.29, 0.717) is 17.9 Å². The molecule has 3 atom stereocenters. The van der Waals surface area contributed by atoms with Gasteiger partial charge in [0.05, 0.1) is 37.7 Å². The lowest BCUT2D eigenvalue weighted by atomic mass is 9.85. The first-order valence-corrected chi connectivity index (χ1v) is 8.45. The Bertz CT molecular complexity index is 634. The molecule has 24 heavy (non-hydrogen) atoms. The molecule has 1 aromatic rings. The van der Waals surface area contributed by atoms with Crippen molar-refractivity contribution in [1.29, 1.82) is 0 Å². The maximum atomic E-state index is 12.3. The molecule has 1 fully saturated rings. The number of aliphatic hydroxyl groups is 1. The summed E-state index contributed by atoms with van der Waals surface area (Å²) in [5.74, 6) is -0.892. The topological polar surface area (TPSA) is 66.8 Å². The van der Waals surface area contributed by atoms with Gasteiger partial charge in [0.1, 0.15) is 0 Å². The number of ether oxygens (including phenoxy) is 1. The third-order valence-corrected chi connectivity index (χ3v) is 4.89. The van der Waals surface area contributed by atoms with Crippen molar-refractivity contribution >= 4 is 23.4 Å². The van der Waals surface area contributed by atoms with Crippen LogP contribution in [0.3, 0.4) is 0 Å². The van der Waals surface area contributed by atoms with E-state index in [1.54, 1.807) is 6.07 Å². The van der Waals surface area contributed by atoms with Crippen LogP contribution in [-0.2, 0) is 20.9 Å². The van der Waals surface area contributed by atoms with Crippen molar-refractivity contribution in [2.45, 2.75) is 25.6 Å². The Morgan fingerprint density at radius 2 is 1.79 bits per heavy atom. The molecule has 5 nitrogen and oxygen atoms in total. The van der Waals surface area contributed by atoms with E-state index in [0.717, 1.165) is 5.56 Å². The van der Waals surface area contributed by atoms with Gasteiger partial charge in [-0.3, -0.25) is 14.5 Å². The number of carbonyl (C=O) groups is 2. The van der Waals surface area contributed by atoms with E-state index in [1.807, 2.05) is 30.4 Å². The summed E-state index contributed by atoms with van der Waals surface area (Å²) >= 11 is 6.04. The number of hydrogen-bond acceptors (Lipinski definition) is 4. The van der Waals surface area contributed by atoms with Gasteiger partial charge in [0.25, 0.3) is 0 Å². The Hall–Kier alpha value is -1.69. The van der Waals surface area contributed by atoms with E-state index < -0.39 is 6.10 Å². The average Bonchev–Trinajstić information content (AvgIpc) is 2.82. The molecule has 1 heterocycles. The summed E-state index contributed by atoms with van der Waals surface area (Å²) in [6, 6.07) is 7.31. The summed E-state index contributed by atoms with van der Waals surface area (Å²) in [6.45, 7) is 0.289. The minimum atomic E-state index is -0.909. The summed E-state index contributed by atoms with van der Waals surface area (Å²) < 4.78 is 5.47. The molecule has 1 N–H and O–H groups in total. The van der Waals surface area contributed by atoms with E-state index in [9.17, 15) is 14.7 Å². The Labute approximate surface area is 145 Å². The zero-order chi connectivity index (χ0) is 17.1. The van der Waals surface area contributed by atoms with Crippen LogP contribution in [0.4, 0.5) is 0 Å². The quantitative estimate of drug-likeness (QED) is 0.631. The van der Waals surface area contributed by atoms with E-state index in [4.69, 9.17) is 16.3 Å². The van der Waals surface area contributed by atoms with Crippen molar-refractivity contribution in [3.63, 3.8) is 0 Å². The number of β-amino-alcohol motifs (C(OH)–C–C–N with tert-alkyl or cyclic N) is 1. The number of carbonyl (C=O) groups excluding carboxylic acids is 2. The normalized spacial score (nSPS) is 24.3. The number of aliphatic hydroxyl groups excluding tert-OH is 1. The average molecular weight is 350 g/mol. The highest BCUT2D eigenvalue weighted by Crippen LogP contribution is 2.35. The molecule has 0 saturated carbocycles. The van der Waals surface area contributed by atoms with Crippen LogP contribution in [0, 0.1) is 11.8 Å². The van der Waals surface area contributed by atoms with Gasteiger partial charge in [0.2, 0.25) is 11.8 Å². The van der Waals surface area contributed by atoms with Gasteiger partial charge in [-0.2, -0.15) is 0 Å². The monoisotopic (exact) mass is 349 g/mol. The van der Waals surface area contributed by atoms with Gasteiger partial charge < -0.3 is 9.84 Å². The summed E-state index contributed by atoms with van der Waals surface area (Å²) in [7, 11) is 0. The zero-order valence-electron chi connectivity index (χ0n) is 13.2. The Kier molecular flexibility index (Phi) is 5.33. The molecule has 2 amide bonds. The number of imide groups is 1. The molecule has 0 aromatic heterocycles. The van der Waals surface area contributed by atoms with E-state index in [1.165, 1.54) is 4.90 Å². The van der Waals surface area contributed by atoms with Gasteiger partial charge in [-0.25, -0.2) is 0 Å². The second-order valence-corrected chi connectivity index (χ2v) is 6.61. The fourth-order valence-corrected chi connectivity index (χ4v) is 3.42. The van der Waals surface area contributed by atoms with Gasteiger partial charge in [-0.05, 0) is 24.5 Å². The molecule has 0 spiro atoms. The Morgan fingerprint density at radius 1 is 1.17 bits per heavy atom. The predicted octanol–water partition coefficient (Wildman–Crippen LogP) is 2.17. The van der Waals surface area contributed by atoms with E-state index >= 15 is 0 Å². The molecule has 1 saturated heterocycles. The first-order chi connectivity index (χ1) is 11.6. The zero-order valence-corrected chi connectivity index (χ0v) is 14.0. The number of halogens is 1. The molecule has 2 aliphatic rings. The SMILES string of the molecule is O=C1[C@@H]2CC=CC[C@H]2C(=O)N1C[C@@H](O)COCc1ccccc1Cl. The third kappa shape index (κ3) is 3.53. The maximum absolute atomic E-state index is 12.3. The molecular weight excluding hydrogens is 330 g/mol. The molecule has 0 unspecified atom stereocenters. The van der Waals surface area contributed by atoms with Crippen LogP contribution in [0.5, 0.6) is 0 Å². The fraction of sp³-hybridized carbons (Fsp3) is 0.444. The van der Waals surface area contributed by atoms with Crippen LogP contribution in [-0.4, -0.2) is 41.1 Å². The molecule has 128 valence electrons. The number of benzene rings is 1.